The lowest BCUT2D eigenvalue weighted by Gasteiger charge is -2.26. The predicted octanol–water partition coefficient (Wildman–Crippen LogP) is 17.2. The fourth-order valence-electron chi connectivity index (χ4n) is 9.39. The van der Waals surface area contributed by atoms with Gasteiger partial charge in [-0.15, -0.1) is 0 Å². The summed E-state index contributed by atoms with van der Waals surface area (Å²) in [6.07, 6.45) is 0. The van der Waals surface area contributed by atoms with Crippen molar-refractivity contribution in [1.29, 1.82) is 0 Å². The van der Waals surface area contributed by atoms with Crippen LogP contribution in [0.25, 0.3) is 98.8 Å². The topological polar surface area (TPSA) is 16.4 Å². The molecular formula is C60H39NO. The monoisotopic (exact) mass is 789 g/mol. The molecule has 0 saturated heterocycles. The highest BCUT2D eigenvalue weighted by Crippen LogP contribution is 2.42. The summed E-state index contributed by atoms with van der Waals surface area (Å²) in [4.78, 5) is 2.36. The van der Waals surface area contributed by atoms with Crippen molar-refractivity contribution >= 4 is 71.1 Å². The number of nitrogens with zero attached hydrogens (tertiary/aromatic N) is 1. The molecule has 290 valence electrons. The zero-order valence-electron chi connectivity index (χ0n) is 33.9. The third-order valence-electron chi connectivity index (χ3n) is 12.4. The van der Waals surface area contributed by atoms with Crippen LogP contribution in [0, 0.1) is 0 Å². The maximum Gasteiger partial charge on any atom is 0.135 e. The smallest absolute Gasteiger partial charge is 0.135 e. The number of para-hydroxylation sites is 1. The lowest BCUT2D eigenvalue weighted by molar-refractivity contribution is 0.631. The second-order valence-electron chi connectivity index (χ2n) is 16.1. The molecule has 0 fully saturated rings. The molecule has 1 heterocycles. The molecule has 0 saturated carbocycles. The van der Waals surface area contributed by atoms with Crippen molar-refractivity contribution in [3.63, 3.8) is 0 Å². The number of rotatable bonds is 7. The summed E-state index contributed by atoms with van der Waals surface area (Å²) in [5.41, 5.74) is 12.3. The Morgan fingerprint density at radius 3 is 1.19 bits per heavy atom. The van der Waals surface area contributed by atoms with Crippen LogP contribution >= 0.6 is 0 Å². The Morgan fingerprint density at radius 2 is 0.677 bits per heavy atom. The van der Waals surface area contributed by atoms with Crippen LogP contribution < -0.4 is 4.90 Å². The fourth-order valence-corrected chi connectivity index (χ4v) is 9.39. The Hall–Kier alpha value is -8.20. The van der Waals surface area contributed by atoms with Gasteiger partial charge in [0.15, 0.2) is 0 Å². The molecule has 0 unspecified atom stereocenters. The van der Waals surface area contributed by atoms with E-state index in [1.807, 2.05) is 18.2 Å². The van der Waals surface area contributed by atoms with Gasteiger partial charge < -0.3 is 9.32 Å². The summed E-state index contributed by atoms with van der Waals surface area (Å²) in [7, 11) is 0. The zero-order valence-corrected chi connectivity index (χ0v) is 33.9. The standard InChI is InChI=1S/C60H39NO/c1-4-17-51-44(12-1)37-57(55-21-8-6-19-53(51)55)41-26-32-49(33-27-41)61(50-34-28-42(29-35-50)58-38-45-13-2-5-18-52(45)54-20-7-9-22-56(54)58)48-30-24-40(25-31-48)43-15-11-16-46(36-43)60-39-47-14-3-10-23-59(47)62-60/h1-39H. The number of hydrogen-bond acceptors (Lipinski definition) is 2. The van der Waals surface area contributed by atoms with Crippen molar-refractivity contribution in [2.24, 2.45) is 0 Å². The summed E-state index contributed by atoms with van der Waals surface area (Å²) in [6.45, 7) is 0. The predicted molar refractivity (Wildman–Crippen MR) is 263 cm³/mol. The molecule has 2 nitrogen and oxygen atoms in total. The van der Waals surface area contributed by atoms with Gasteiger partial charge in [-0.3, -0.25) is 0 Å². The average Bonchev–Trinajstić information content (AvgIpc) is 3.79. The number of benzene rings is 11. The van der Waals surface area contributed by atoms with E-state index < -0.39 is 0 Å². The SMILES string of the molecule is c1cc(-c2ccc(N(c3ccc(-c4cc5ccccc5c5ccccc45)cc3)c3ccc(-c4cc5ccccc5c5ccccc45)cc3)cc2)cc(-c2cc3ccccc3o2)c1. The molecule has 12 aromatic rings. The van der Waals surface area contributed by atoms with Gasteiger partial charge in [0.05, 0.1) is 0 Å². The molecule has 0 atom stereocenters. The number of anilines is 3. The highest BCUT2D eigenvalue weighted by molar-refractivity contribution is 6.15. The molecule has 12 rings (SSSR count). The molecular weight excluding hydrogens is 751 g/mol. The quantitative estimate of drug-likeness (QED) is 0.150. The molecule has 0 spiro atoms. The van der Waals surface area contributed by atoms with Crippen molar-refractivity contribution in [3.05, 3.63) is 237 Å². The van der Waals surface area contributed by atoms with Crippen LogP contribution in [0.3, 0.4) is 0 Å². The second kappa shape index (κ2) is 14.8. The van der Waals surface area contributed by atoms with Gasteiger partial charge in [-0.05, 0) is 143 Å². The molecule has 0 aliphatic rings. The summed E-state index contributed by atoms with van der Waals surface area (Å²) in [5, 5.41) is 11.2. The van der Waals surface area contributed by atoms with Crippen LogP contribution in [0.5, 0.6) is 0 Å². The minimum Gasteiger partial charge on any atom is -0.456 e. The molecule has 0 aliphatic heterocycles. The summed E-state index contributed by atoms with van der Waals surface area (Å²) >= 11 is 0. The third kappa shape index (κ3) is 6.20. The van der Waals surface area contributed by atoms with E-state index in [1.54, 1.807) is 0 Å². The molecule has 2 heteroatoms. The zero-order chi connectivity index (χ0) is 41.0. The lowest BCUT2D eigenvalue weighted by atomic mass is 9.93. The number of hydrogen-bond donors (Lipinski definition) is 0. The van der Waals surface area contributed by atoms with Crippen LogP contribution in [0.4, 0.5) is 17.1 Å². The van der Waals surface area contributed by atoms with Crippen molar-refractivity contribution in [2.45, 2.75) is 0 Å². The van der Waals surface area contributed by atoms with Gasteiger partial charge in [-0.2, -0.15) is 0 Å². The molecule has 62 heavy (non-hydrogen) atoms. The van der Waals surface area contributed by atoms with Crippen LogP contribution in [-0.4, -0.2) is 0 Å². The molecule has 0 aliphatic carbocycles. The van der Waals surface area contributed by atoms with Gasteiger partial charge in [-0.1, -0.05) is 170 Å². The molecule has 0 N–H and O–H groups in total. The van der Waals surface area contributed by atoms with E-state index in [9.17, 15) is 0 Å². The largest absolute Gasteiger partial charge is 0.456 e. The number of furan rings is 1. The van der Waals surface area contributed by atoms with E-state index in [1.165, 1.54) is 65.3 Å². The van der Waals surface area contributed by atoms with Crippen molar-refractivity contribution in [3.8, 4) is 44.7 Å². The van der Waals surface area contributed by atoms with Gasteiger partial charge in [0, 0.05) is 28.0 Å². The van der Waals surface area contributed by atoms with Gasteiger partial charge in [0.1, 0.15) is 11.3 Å². The first-order valence-corrected chi connectivity index (χ1v) is 21.2. The van der Waals surface area contributed by atoms with Gasteiger partial charge in [-0.25, -0.2) is 0 Å². The Bertz CT molecular complexity index is 3420. The molecule has 0 bridgehead atoms. The molecule has 0 radical (unpaired) electrons. The molecule has 1 aromatic heterocycles. The lowest BCUT2D eigenvalue weighted by Crippen LogP contribution is -2.09. The van der Waals surface area contributed by atoms with E-state index in [0.29, 0.717) is 0 Å². The van der Waals surface area contributed by atoms with E-state index in [2.05, 4.69) is 223 Å². The van der Waals surface area contributed by atoms with Crippen LogP contribution in [-0.2, 0) is 0 Å². The summed E-state index contributed by atoms with van der Waals surface area (Å²) < 4.78 is 6.24. The van der Waals surface area contributed by atoms with E-state index in [4.69, 9.17) is 4.42 Å². The van der Waals surface area contributed by atoms with E-state index in [0.717, 1.165) is 50.5 Å². The van der Waals surface area contributed by atoms with Crippen LogP contribution in [0.15, 0.2) is 241 Å². The van der Waals surface area contributed by atoms with Gasteiger partial charge in [0.2, 0.25) is 0 Å². The molecule has 0 amide bonds. The Morgan fingerprint density at radius 1 is 0.258 bits per heavy atom. The minimum atomic E-state index is 0.871. The Labute approximate surface area is 360 Å². The van der Waals surface area contributed by atoms with Crippen LogP contribution in [0.1, 0.15) is 0 Å². The average molecular weight is 790 g/mol. The highest BCUT2D eigenvalue weighted by atomic mass is 16.3. The van der Waals surface area contributed by atoms with Gasteiger partial charge in [0.25, 0.3) is 0 Å². The highest BCUT2D eigenvalue weighted by Gasteiger charge is 2.17. The first-order chi connectivity index (χ1) is 30.7. The maximum atomic E-state index is 6.24. The van der Waals surface area contributed by atoms with E-state index >= 15 is 0 Å². The number of fused-ring (bicyclic) bond motifs is 7. The van der Waals surface area contributed by atoms with Crippen molar-refractivity contribution in [2.75, 3.05) is 4.90 Å². The fraction of sp³-hybridized carbons (Fsp3) is 0. The Balaban J connectivity index is 0.945. The first-order valence-electron chi connectivity index (χ1n) is 21.2. The van der Waals surface area contributed by atoms with Gasteiger partial charge >= 0.3 is 0 Å². The summed E-state index contributed by atoms with van der Waals surface area (Å²) in [6, 6.07) is 85.5. The molecule has 11 aromatic carbocycles. The van der Waals surface area contributed by atoms with Crippen molar-refractivity contribution in [1.82, 2.24) is 0 Å². The minimum absolute atomic E-state index is 0.871. The second-order valence-corrected chi connectivity index (χ2v) is 16.1. The normalized spacial score (nSPS) is 11.5. The maximum absolute atomic E-state index is 6.24. The van der Waals surface area contributed by atoms with E-state index in [-0.39, 0.29) is 0 Å². The van der Waals surface area contributed by atoms with Crippen molar-refractivity contribution < 1.29 is 4.42 Å². The third-order valence-corrected chi connectivity index (χ3v) is 12.4. The van der Waals surface area contributed by atoms with Crippen LogP contribution in [0.2, 0.25) is 0 Å². The Kier molecular flexibility index (Phi) is 8.53. The summed E-state index contributed by atoms with van der Waals surface area (Å²) in [5.74, 6) is 0.871. The first kappa shape index (κ1) is 35.7.